The fourth-order valence-electron chi connectivity index (χ4n) is 4.57. The van der Waals surface area contributed by atoms with Crippen LogP contribution in [0, 0.1) is 0 Å². The van der Waals surface area contributed by atoms with E-state index < -0.39 is 34.1 Å². The lowest BCUT2D eigenvalue weighted by atomic mass is 10.1. The number of nitrogens with one attached hydrogen (secondary N) is 1. The number of piperazine rings is 1. The van der Waals surface area contributed by atoms with Gasteiger partial charge in [0.05, 0.1) is 24.7 Å². The summed E-state index contributed by atoms with van der Waals surface area (Å²) in [6.07, 6.45) is -0.307. The standard InChI is InChI=1S/C27H26F3N7O5S/c1-41-19-4-2-18(3-5-19)14-33-26(38)23-16-36(24-10-11-32-22-15-31-17-34-25(22)35-24)12-13-37(23)43(39,40)21-8-6-20(7-9-21)42-27(28,29)30/h2-10,15,17,23H,11-14,16H2,1H3,(H,33,38)/t23-/m1/s1. The zero-order valence-corrected chi connectivity index (χ0v) is 23.5. The van der Waals surface area contributed by atoms with E-state index in [2.05, 4.69) is 30.0 Å². The highest BCUT2D eigenvalue weighted by molar-refractivity contribution is 7.89. The number of amides is 1. The molecule has 0 saturated carbocycles. The topological polar surface area (TPSA) is 139 Å². The number of carbonyl (C=O) groups excluding carboxylic acids is 1. The van der Waals surface area contributed by atoms with Crippen LogP contribution in [0.2, 0.25) is 0 Å². The number of halogens is 3. The van der Waals surface area contributed by atoms with Crippen LogP contribution in [0.15, 0.2) is 87.8 Å². The Morgan fingerprint density at radius 1 is 1.07 bits per heavy atom. The number of methoxy groups -OCH3 is 1. The average molecular weight is 618 g/mol. The molecule has 0 unspecified atom stereocenters. The van der Waals surface area contributed by atoms with Crippen molar-refractivity contribution in [2.24, 2.45) is 9.98 Å². The van der Waals surface area contributed by atoms with Crippen molar-refractivity contribution in [3.05, 3.63) is 89.4 Å². The number of carbonyl (C=O) groups is 1. The number of rotatable bonds is 8. The average Bonchev–Trinajstić information content (AvgIpc) is 3.22. The summed E-state index contributed by atoms with van der Waals surface area (Å²) in [6, 6.07) is 9.64. The van der Waals surface area contributed by atoms with Crippen molar-refractivity contribution < 1.29 is 35.9 Å². The third-order valence-corrected chi connectivity index (χ3v) is 8.60. The number of fused-ring (bicyclic) bond motifs is 1. The second-order valence-corrected chi connectivity index (χ2v) is 11.3. The molecule has 3 aromatic rings. The number of hydrogen-bond donors (Lipinski definition) is 1. The predicted molar refractivity (Wildman–Crippen MR) is 145 cm³/mol. The molecule has 0 bridgehead atoms. The summed E-state index contributed by atoms with van der Waals surface area (Å²) in [4.78, 5) is 32.2. The minimum absolute atomic E-state index is 0.0569. The molecule has 43 heavy (non-hydrogen) atoms. The SMILES string of the molecule is COc1ccc(CNC(=O)[C@H]2CN(C3=CCN=c4cncnc4=N3)CCN2S(=O)(=O)c2ccc(OC(F)(F)F)cc2)cc1. The predicted octanol–water partition coefficient (Wildman–Crippen LogP) is 1.17. The smallest absolute Gasteiger partial charge is 0.497 e. The number of nitrogens with zero attached hydrogens (tertiary/aromatic N) is 6. The van der Waals surface area contributed by atoms with E-state index in [0.717, 1.165) is 34.1 Å². The van der Waals surface area contributed by atoms with Crippen molar-refractivity contribution in [1.82, 2.24) is 24.5 Å². The molecule has 1 saturated heterocycles. The minimum Gasteiger partial charge on any atom is -0.497 e. The van der Waals surface area contributed by atoms with Crippen LogP contribution in [0.3, 0.4) is 0 Å². The first kappa shape index (κ1) is 29.9. The summed E-state index contributed by atoms with van der Waals surface area (Å²) in [5, 5.41) is 3.30. The van der Waals surface area contributed by atoms with Gasteiger partial charge in [0.1, 0.15) is 35.0 Å². The fraction of sp³-hybridized carbons (Fsp3) is 0.296. The van der Waals surface area contributed by atoms with Gasteiger partial charge in [-0.1, -0.05) is 12.1 Å². The second kappa shape index (κ2) is 12.3. The minimum atomic E-state index is -4.93. The number of hydrogen-bond acceptors (Lipinski definition) is 10. The lowest BCUT2D eigenvalue weighted by Gasteiger charge is -2.40. The molecule has 1 aromatic heterocycles. The highest BCUT2D eigenvalue weighted by Gasteiger charge is 2.41. The maximum absolute atomic E-state index is 13.7. The van der Waals surface area contributed by atoms with Crippen molar-refractivity contribution in [2.45, 2.75) is 23.8 Å². The maximum Gasteiger partial charge on any atom is 0.573 e. The van der Waals surface area contributed by atoms with Crippen molar-refractivity contribution in [1.29, 1.82) is 0 Å². The lowest BCUT2D eigenvalue weighted by molar-refractivity contribution is -0.274. The van der Waals surface area contributed by atoms with E-state index in [-0.39, 0.29) is 37.6 Å². The molecule has 2 aliphatic heterocycles. The van der Waals surface area contributed by atoms with Crippen molar-refractivity contribution in [3.8, 4) is 11.5 Å². The van der Waals surface area contributed by atoms with Gasteiger partial charge in [-0.25, -0.2) is 23.4 Å². The highest BCUT2D eigenvalue weighted by Crippen LogP contribution is 2.28. The van der Waals surface area contributed by atoms with Crippen molar-refractivity contribution >= 4 is 15.9 Å². The molecular weight excluding hydrogens is 591 g/mol. The van der Waals surface area contributed by atoms with Gasteiger partial charge in [-0.3, -0.25) is 9.79 Å². The van der Waals surface area contributed by atoms with E-state index in [9.17, 15) is 26.4 Å². The van der Waals surface area contributed by atoms with E-state index in [1.54, 1.807) is 35.2 Å². The van der Waals surface area contributed by atoms with Gasteiger partial charge in [0.15, 0.2) is 5.49 Å². The van der Waals surface area contributed by atoms with Crippen LogP contribution in [0.5, 0.6) is 11.5 Å². The molecule has 1 atom stereocenters. The lowest BCUT2D eigenvalue weighted by Crippen LogP contribution is -2.60. The van der Waals surface area contributed by atoms with Crippen LogP contribution in [-0.2, 0) is 21.4 Å². The van der Waals surface area contributed by atoms with Gasteiger partial charge in [-0.2, -0.15) is 4.31 Å². The van der Waals surface area contributed by atoms with Crippen molar-refractivity contribution in [3.63, 3.8) is 0 Å². The Morgan fingerprint density at radius 3 is 2.49 bits per heavy atom. The van der Waals surface area contributed by atoms with Crippen LogP contribution >= 0.6 is 0 Å². The molecule has 0 radical (unpaired) electrons. The molecule has 1 fully saturated rings. The number of benzene rings is 2. The van der Waals surface area contributed by atoms with E-state index in [1.807, 2.05) is 0 Å². The van der Waals surface area contributed by atoms with E-state index in [4.69, 9.17) is 4.74 Å². The van der Waals surface area contributed by atoms with Gasteiger partial charge in [0.25, 0.3) is 0 Å². The Hall–Kier alpha value is -4.57. The molecule has 1 amide bonds. The van der Waals surface area contributed by atoms with Gasteiger partial charge in [-0.05, 0) is 48.0 Å². The summed E-state index contributed by atoms with van der Waals surface area (Å²) in [6.45, 7) is 0.404. The first-order valence-electron chi connectivity index (χ1n) is 13.0. The van der Waals surface area contributed by atoms with E-state index in [1.165, 1.54) is 19.6 Å². The van der Waals surface area contributed by atoms with Crippen LogP contribution in [0.1, 0.15) is 5.56 Å². The Labute approximate surface area is 244 Å². The molecule has 2 aliphatic rings. The molecule has 0 aliphatic carbocycles. The molecule has 5 rings (SSSR count). The Morgan fingerprint density at radius 2 is 1.79 bits per heavy atom. The molecule has 2 aromatic carbocycles. The number of alkyl halides is 3. The number of ether oxygens (including phenoxy) is 2. The zero-order valence-electron chi connectivity index (χ0n) is 22.7. The molecule has 12 nitrogen and oxygen atoms in total. The molecule has 16 heteroatoms. The molecule has 226 valence electrons. The quantitative estimate of drug-likeness (QED) is 0.398. The largest absolute Gasteiger partial charge is 0.573 e. The van der Waals surface area contributed by atoms with Crippen LogP contribution < -0.4 is 25.6 Å². The first-order valence-corrected chi connectivity index (χ1v) is 14.4. The Balaban J connectivity index is 1.41. The van der Waals surface area contributed by atoms with Gasteiger partial charge in [-0.15, -0.1) is 13.2 Å². The number of sulfonamides is 1. The van der Waals surface area contributed by atoms with E-state index in [0.29, 0.717) is 22.4 Å². The van der Waals surface area contributed by atoms with Gasteiger partial charge < -0.3 is 19.7 Å². The summed E-state index contributed by atoms with van der Waals surface area (Å²) < 4.78 is 75.3. The van der Waals surface area contributed by atoms with Crippen LogP contribution in [0.4, 0.5) is 13.2 Å². The third-order valence-electron chi connectivity index (χ3n) is 6.68. The Bertz CT molecular complexity index is 1730. The molecular formula is C27H26F3N7O5S. The van der Waals surface area contributed by atoms with Crippen LogP contribution in [0.25, 0.3) is 0 Å². The fourth-order valence-corrected chi connectivity index (χ4v) is 6.14. The summed E-state index contributed by atoms with van der Waals surface area (Å²) in [7, 11) is -2.78. The van der Waals surface area contributed by atoms with Crippen molar-refractivity contribution in [2.75, 3.05) is 33.3 Å². The molecule has 3 heterocycles. The summed E-state index contributed by atoms with van der Waals surface area (Å²) in [5.74, 6) is -0.0231. The number of aromatic nitrogens is 2. The summed E-state index contributed by atoms with van der Waals surface area (Å²) >= 11 is 0. The van der Waals surface area contributed by atoms with Gasteiger partial charge in [0.2, 0.25) is 15.9 Å². The van der Waals surface area contributed by atoms with Gasteiger partial charge >= 0.3 is 6.36 Å². The van der Waals surface area contributed by atoms with E-state index >= 15 is 0 Å². The maximum atomic E-state index is 13.7. The Kier molecular flexibility index (Phi) is 8.59. The molecule has 1 N–H and O–H groups in total. The van der Waals surface area contributed by atoms with Gasteiger partial charge in [0, 0.05) is 26.2 Å². The van der Waals surface area contributed by atoms with Crippen LogP contribution in [-0.4, -0.2) is 79.2 Å². The first-order chi connectivity index (χ1) is 20.5. The monoisotopic (exact) mass is 617 g/mol. The second-order valence-electron chi connectivity index (χ2n) is 9.41. The highest BCUT2D eigenvalue weighted by atomic mass is 32.2. The zero-order chi connectivity index (χ0) is 30.6. The summed E-state index contributed by atoms with van der Waals surface area (Å²) in [5.41, 5.74) is 1.10. The third kappa shape index (κ3) is 7.09. The molecule has 0 spiro atoms. The normalized spacial score (nSPS) is 17.4.